The van der Waals surface area contributed by atoms with Crippen molar-refractivity contribution in [3.63, 3.8) is 0 Å². The van der Waals surface area contributed by atoms with Gasteiger partial charge in [-0.2, -0.15) is 0 Å². The van der Waals surface area contributed by atoms with Gasteiger partial charge in [0.2, 0.25) is 5.82 Å². The van der Waals surface area contributed by atoms with Crippen LogP contribution in [0, 0.1) is 0 Å². The summed E-state index contributed by atoms with van der Waals surface area (Å²) in [5.41, 5.74) is 0. The van der Waals surface area contributed by atoms with Crippen molar-refractivity contribution < 1.29 is 9.53 Å². The number of hydrogen-bond acceptors (Lipinski definition) is 5. The predicted molar refractivity (Wildman–Crippen MR) is 62.6 cm³/mol. The second-order valence-corrected chi connectivity index (χ2v) is 4.11. The Kier molecular flexibility index (Phi) is 4.44. The molecule has 17 heavy (non-hydrogen) atoms. The molecule has 0 radical (unpaired) electrons. The molecule has 0 N–H and O–H groups in total. The number of carbonyl (C=O) groups is 1. The number of hydrogen-bond donors (Lipinski definition) is 0. The molecule has 1 aliphatic rings. The lowest BCUT2D eigenvalue weighted by molar-refractivity contribution is 0.0438. The van der Waals surface area contributed by atoms with E-state index in [1.165, 1.54) is 31.7 Å². The van der Waals surface area contributed by atoms with Crippen LogP contribution in [0.1, 0.15) is 29.9 Å². The summed E-state index contributed by atoms with van der Waals surface area (Å²) < 4.78 is 5.13. The molecule has 0 saturated carbocycles. The number of carbonyl (C=O) groups excluding carboxylic acids is 1. The highest BCUT2D eigenvalue weighted by atomic mass is 16.5. The molecule has 5 nitrogen and oxygen atoms in total. The van der Waals surface area contributed by atoms with Gasteiger partial charge in [-0.3, -0.25) is 4.90 Å². The molecule has 0 bridgehead atoms. The first-order chi connectivity index (χ1) is 8.36. The van der Waals surface area contributed by atoms with Crippen LogP contribution >= 0.6 is 0 Å². The molecule has 0 atom stereocenters. The van der Waals surface area contributed by atoms with Crippen LogP contribution in [0.5, 0.6) is 0 Å². The van der Waals surface area contributed by atoms with Gasteiger partial charge in [0.05, 0.1) is 0 Å². The molecule has 1 aromatic heterocycles. The van der Waals surface area contributed by atoms with Gasteiger partial charge in [-0.25, -0.2) is 14.8 Å². The van der Waals surface area contributed by atoms with E-state index in [1.54, 1.807) is 6.07 Å². The van der Waals surface area contributed by atoms with E-state index in [2.05, 4.69) is 14.9 Å². The maximum atomic E-state index is 11.5. The smallest absolute Gasteiger partial charge is 0.376 e. The van der Waals surface area contributed by atoms with Gasteiger partial charge >= 0.3 is 5.97 Å². The van der Waals surface area contributed by atoms with Gasteiger partial charge in [-0.05, 0) is 32.0 Å². The third-order valence-corrected chi connectivity index (χ3v) is 2.84. The summed E-state index contributed by atoms with van der Waals surface area (Å²) in [6.45, 7) is 3.44. The van der Waals surface area contributed by atoms with Gasteiger partial charge < -0.3 is 4.74 Å². The number of esters is 1. The largest absolute Gasteiger partial charge is 0.458 e. The average molecular weight is 235 g/mol. The Bertz CT molecular complexity index is 350. The first-order valence-electron chi connectivity index (χ1n) is 6.03. The number of likely N-dealkylation sites (tertiary alicyclic amines) is 1. The molecule has 5 heteroatoms. The van der Waals surface area contributed by atoms with Gasteiger partial charge in [-0.15, -0.1) is 0 Å². The normalized spacial score (nSPS) is 16.7. The lowest BCUT2D eigenvalue weighted by Crippen LogP contribution is -2.33. The fourth-order valence-corrected chi connectivity index (χ4v) is 1.92. The van der Waals surface area contributed by atoms with E-state index >= 15 is 0 Å². The molecule has 92 valence electrons. The minimum Gasteiger partial charge on any atom is -0.458 e. The van der Waals surface area contributed by atoms with Crippen LogP contribution in [0.3, 0.4) is 0 Å². The molecule has 0 amide bonds. The highest BCUT2D eigenvalue weighted by Gasteiger charge is 2.12. The first kappa shape index (κ1) is 12.0. The van der Waals surface area contributed by atoms with Crippen molar-refractivity contribution in [2.24, 2.45) is 0 Å². The molecule has 0 aliphatic carbocycles. The monoisotopic (exact) mass is 235 g/mol. The summed E-state index contributed by atoms with van der Waals surface area (Å²) in [5, 5.41) is 0. The van der Waals surface area contributed by atoms with Gasteiger partial charge in [0, 0.05) is 18.9 Å². The lowest BCUT2D eigenvalue weighted by Gasteiger charge is -2.25. The maximum absolute atomic E-state index is 11.5. The Balaban J connectivity index is 1.69. The summed E-state index contributed by atoms with van der Waals surface area (Å²) in [7, 11) is 0. The average Bonchev–Trinajstić information content (AvgIpc) is 2.41. The van der Waals surface area contributed by atoms with Gasteiger partial charge in [0.1, 0.15) is 6.61 Å². The summed E-state index contributed by atoms with van der Waals surface area (Å²) in [6.07, 6.45) is 6.88. The highest BCUT2D eigenvalue weighted by molar-refractivity contribution is 5.84. The Hall–Kier alpha value is -1.49. The Morgan fingerprint density at radius 1 is 1.24 bits per heavy atom. The van der Waals surface area contributed by atoms with Crippen molar-refractivity contribution in [2.45, 2.75) is 19.3 Å². The zero-order chi connectivity index (χ0) is 11.9. The fourth-order valence-electron chi connectivity index (χ4n) is 1.92. The summed E-state index contributed by atoms with van der Waals surface area (Å²) in [5.74, 6) is -0.311. The molecular weight excluding hydrogens is 218 g/mol. The van der Waals surface area contributed by atoms with Crippen LogP contribution in [0.2, 0.25) is 0 Å². The topological polar surface area (TPSA) is 55.3 Å². The molecule has 2 rings (SSSR count). The third-order valence-electron chi connectivity index (χ3n) is 2.84. The van der Waals surface area contributed by atoms with Crippen LogP contribution in [-0.2, 0) is 4.74 Å². The van der Waals surface area contributed by atoms with Crippen molar-refractivity contribution in [3.8, 4) is 0 Å². The van der Waals surface area contributed by atoms with Gasteiger partial charge in [0.25, 0.3) is 0 Å². The van der Waals surface area contributed by atoms with E-state index in [1.807, 2.05) is 0 Å². The molecule has 1 fully saturated rings. The van der Waals surface area contributed by atoms with Crippen molar-refractivity contribution in [2.75, 3.05) is 26.2 Å². The summed E-state index contributed by atoms with van der Waals surface area (Å²) in [4.78, 5) is 21.5. The first-order valence-corrected chi connectivity index (χ1v) is 6.03. The molecule has 2 heterocycles. The van der Waals surface area contributed by atoms with Crippen LogP contribution in [0.15, 0.2) is 18.5 Å². The fraction of sp³-hybridized carbons (Fsp3) is 0.583. The predicted octanol–water partition coefficient (Wildman–Crippen LogP) is 1.12. The quantitative estimate of drug-likeness (QED) is 0.732. The SMILES string of the molecule is O=C(OCCN1CCCCC1)c1ncccn1. The van der Waals surface area contributed by atoms with E-state index in [9.17, 15) is 4.79 Å². The number of rotatable bonds is 4. The third kappa shape index (κ3) is 3.78. The second kappa shape index (κ2) is 6.30. The molecule has 1 saturated heterocycles. The maximum Gasteiger partial charge on any atom is 0.376 e. The Morgan fingerprint density at radius 3 is 2.65 bits per heavy atom. The van der Waals surface area contributed by atoms with Crippen LogP contribution in [0.4, 0.5) is 0 Å². The van der Waals surface area contributed by atoms with E-state index in [-0.39, 0.29) is 5.82 Å². The summed E-state index contributed by atoms with van der Waals surface area (Å²) >= 11 is 0. The number of ether oxygens (including phenoxy) is 1. The Labute approximate surface area is 101 Å². The van der Waals surface area contributed by atoms with Gasteiger partial charge in [-0.1, -0.05) is 6.42 Å². The zero-order valence-corrected chi connectivity index (χ0v) is 9.84. The number of aromatic nitrogens is 2. The highest BCUT2D eigenvalue weighted by Crippen LogP contribution is 2.07. The van der Waals surface area contributed by atoms with Crippen LogP contribution in [-0.4, -0.2) is 47.1 Å². The molecule has 1 aliphatic heterocycles. The molecule has 0 spiro atoms. The van der Waals surface area contributed by atoms with Gasteiger partial charge in [0.15, 0.2) is 0 Å². The lowest BCUT2D eigenvalue weighted by atomic mass is 10.1. The minimum atomic E-state index is -0.442. The second-order valence-electron chi connectivity index (χ2n) is 4.11. The van der Waals surface area contributed by atoms with E-state index in [0.29, 0.717) is 6.61 Å². The van der Waals surface area contributed by atoms with Crippen LogP contribution < -0.4 is 0 Å². The van der Waals surface area contributed by atoms with Crippen molar-refractivity contribution >= 4 is 5.97 Å². The van der Waals surface area contributed by atoms with E-state index in [0.717, 1.165) is 19.6 Å². The van der Waals surface area contributed by atoms with Crippen molar-refractivity contribution in [1.82, 2.24) is 14.9 Å². The van der Waals surface area contributed by atoms with E-state index < -0.39 is 5.97 Å². The molecule has 0 aromatic carbocycles. The minimum absolute atomic E-state index is 0.131. The zero-order valence-electron chi connectivity index (χ0n) is 9.84. The van der Waals surface area contributed by atoms with E-state index in [4.69, 9.17) is 4.74 Å². The molecule has 0 unspecified atom stereocenters. The van der Waals surface area contributed by atoms with Crippen LogP contribution in [0.25, 0.3) is 0 Å². The van der Waals surface area contributed by atoms with Crippen molar-refractivity contribution in [3.05, 3.63) is 24.3 Å². The Morgan fingerprint density at radius 2 is 1.94 bits per heavy atom. The van der Waals surface area contributed by atoms with Crippen molar-refractivity contribution in [1.29, 1.82) is 0 Å². The summed E-state index contributed by atoms with van der Waals surface area (Å²) in [6, 6.07) is 1.67. The molecule has 1 aromatic rings. The number of nitrogens with zero attached hydrogens (tertiary/aromatic N) is 3. The standard InChI is InChI=1S/C12H17N3O2/c16-12(11-13-5-4-6-14-11)17-10-9-15-7-2-1-3-8-15/h4-6H,1-3,7-10H2. The molecular formula is C12H17N3O2. The number of piperidine rings is 1.